The molecule has 1 aromatic heterocycles. The summed E-state index contributed by atoms with van der Waals surface area (Å²) in [5.74, 6) is 0.193. The van der Waals surface area contributed by atoms with E-state index >= 15 is 0 Å². The Morgan fingerprint density at radius 3 is 2.51 bits per heavy atom. The number of non-ortho nitro benzene ring substituents is 1. The number of rotatable bonds is 6. The molecule has 8 heteroatoms. The number of nitro groups is 1. The lowest BCUT2D eigenvalue weighted by molar-refractivity contribution is -0.384. The van der Waals surface area contributed by atoms with E-state index in [1.54, 1.807) is 26.4 Å². The Balaban J connectivity index is 1.74. The summed E-state index contributed by atoms with van der Waals surface area (Å²) in [5.41, 5.74) is 5.75. The maximum absolute atomic E-state index is 12.8. The summed E-state index contributed by atoms with van der Waals surface area (Å²) in [4.78, 5) is 23.4. The fraction of sp³-hybridized carbons (Fsp3) is 0.148. The quantitative estimate of drug-likeness (QED) is 0.173. The van der Waals surface area contributed by atoms with Crippen molar-refractivity contribution in [2.45, 2.75) is 20.8 Å². The van der Waals surface area contributed by atoms with Gasteiger partial charge in [0.2, 0.25) is 5.91 Å². The smallest absolute Gasteiger partial charge is 0.271 e. The van der Waals surface area contributed by atoms with E-state index < -0.39 is 10.8 Å². The second-order valence-electron chi connectivity index (χ2n) is 8.19. The Hall–Kier alpha value is -4.10. The third-order valence-electron chi connectivity index (χ3n) is 5.87. The van der Waals surface area contributed by atoms with Crippen LogP contribution in [-0.4, -0.2) is 17.9 Å². The topological polar surface area (TPSA) is 94.6 Å². The summed E-state index contributed by atoms with van der Waals surface area (Å²) in [5, 5.41) is 15.4. The van der Waals surface area contributed by atoms with Crippen LogP contribution in [0.25, 0.3) is 27.7 Å². The number of nitro benzene ring substituents is 1. The van der Waals surface area contributed by atoms with Crippen molar-refractivity contribution in [1.82, 2.24) is 0 Å². The lowest BCUT2D eigenvalue weighted by Gasteiger charge is -2.13. The van der Waals surface area contributed by atoms with E-state index in [1.165, 1.54) is 18.2 Å². The number of nitrogens with zero attached hydrogens (tertiary/aromatic N) is 1. The van der Waals surface area contributed by atoms with Crippen LogP contribution in [0.2, 0.25) is 5.02 Å². The molecule has 0 aliphatic rings. The Labute approximate surface area is 207 Å². The molecule has 0 atom stereocenters. The molecule has 0 aliphatic carbocycles. The number of allylic oxidation sites excluding steroid dienone is 1. The summed E-state index contributed by atoms with van der Waals surface area (Å²) in [6.07, 6.45) is 3.14. The van der Waals surface area contributed by atoms with Crippen molar-refractivity contribution in [3.8, 4) is 16.9 Å². The molecule has 178 valence electrons. The van der Waals surface area contributed by atoms with Crippen molar-refractivity contribution < 1.29 is 18.9 Å². The number of hydrogen-bond acceptors (Lipinski definition) is 5. The minimum atomic E-state index is -0.498. The van der Waals surface area contributed by atoms with E-state index in [-0.39, 0.29) is 5.69 Å². The van der Waals surface area contributed by atoms with Gasteiger partial charge in [-0.1, -0.05) is 29.8 Å². The third kappa shape index (κ3) is 4.76. The van der Waals surface area contributed by atoms with Crippen LogP contribution in [0.3, 0.4) is 0 Å². The van der Waals surface area contributed by atoms with Crippen LogP contribution in [0.5, 0.6) is 5.75 Å². The van der Waals surface area contributed by atoms with Gasteiger partial charge in [-0.05, 0) is 55.7 Å². The number of anilines is 1. The van der Waals surface area contributed by atoms with E-state index in [2.05, 4.69) is 5.32 Å². The number of hydrogen-bond donors (Lipinski definition) is 1. The van der Waals surface area contributed by atoms with Crippen molar-refractivity contribution in [3.63, 3.8) is 0 Å². The third-order valence-corrected chi connectivity index (χ3v) is 6.12. The summed E-state index contributed by atoms with van der Waals surface area (Å²) < 4.78 is 11.6. The Kier molecular flexibility index (Phi) is 6.62. The second-order valence-corrected chi connectivity index (χ2v) is 8.62. The molecule has 1 amide bonds. The monoisotopic (exact) mass is 490 g/mol. The minimum absolute atomic E-state index is 0.0935. The van der Waals surface area contributed by atoms with Gasteiger partial charge in [-0.3, -0.25) is 14.9 Å². The summed E-state index contributed by atoms with van der Waals surface area (Å²) in [7, 11) is 1.57. The first-order valence-electron chi connectivity index (χ1n) is 10.8. The van der Waals surface area contributed by atoms with Crippen molar-refractivity contribution in [2.24, 2.45) is 0 Å². The highest BCUT2D eigenvalue weighted by Gasteiger charge is 2.19. The molecule has 0 aliphatic heterocycles. The Morgan fingerprint density at radius 1 is 1.14 bits per heavy atom. The molecule has 4 rings (SSSR count). The SMILES string of the molecule is COc1c(/C(C)=C/C(=O)Nc2cc([N+](=O)[O-])ccc2C)cc2c(-c3ccc(Cl)cc3)coc2c1C. The van der Waals surface area contributed by atoms with Gasteiger partial charge >= 0.3 is 0 Å². The van der Waals surface area contributed by atoms with Crippen LogP contribution in [0.15, 0.2) is 65.3 Å². The van der Waals surface area contributed by atoms with E-state index in [1.807, 2.05) is 44.2 Å². The van der Waals surface area contributed by atoms with Crippen LogP contribution in [-0.2, 0) is 4.79 Å². The van der Waals surface area contributed by atoms with Crippen molar-refractivity contribution >= 4 is 45.4 Å². The standard InChI is InChI=1S/C27H23ClN2O5/c1-15-5-10-20(30(32)33)12-24(15)29-25(31)11-16(2)21-13-22-23(18-6-8-19(28)9-7-18)14-35-27(22)17(3)26(21)34-4/h5-14H,1-4H3,(H,29,31)/b16-11+. The van der Waals surface area contributed by atoms with Gasteiger partial charge in [-0.25, -0.2) is 0 Å². The van der Waals surface area contributed by atoms with Gasteiger partial charge in [-0.2, -0.15) is 0 Å². The zero-order valence-electron chi connectivity index (χ0n) is 19.6. The number of ether oxygens (including phenoxy) is 1. The molecule has 0 bridgehead atoms. The highest BCUT2D eigenvalue weighted by atomic mass is 35.5. The molecule has 0 fully saturated rings. The van der Waals surface area contributed by atoms with Gasteiger partial charge in [0.15, 0.2) is 0 Å². The predicted octanol–water partition coefficient (Wildman–Crippen LogP) is 7.33. The van der Waals surface area contributed by atoms with Gasteiger partial charge in [0.25, 0.3) is 5.69 Å². The van der Waals surface area contributed by atoms with Crippen LogP contribution in [0, 0.1) is 24.0 Å². The molecule has 0 saturated carbocycles. The maximum atomic E-state index is 12.8. The molecule has 0 radical (unpaired) electrons. The fourth-order valence-corrected chi connectivity index (χ4v) is 4.15. The molecule has 4 aromatic rings. The number of halogens is 1. The number of methoxy groups -OCH3 is 1. The van der Waals surface area contributed by atoms with Gasteiger partial charge < -0.3 is 14.5 Å². The highest BCUT2D eigenvalue weighted by Crippen LogP contribution is 2.40. The molecular weight excluding hydrogens is 468 g/mol. The van der Waals surface area contributed by atoms with Crippen LogP contribution < -0.4 is 10.1 Å². The van der Waals surface area contributed by atoms with E-state index in [0.29, 0.717) is 27.6 Å². The molecule has 1 heterocycles. The number of amides is 1. The number of nitrogens with one attached hydrogen (secondary N) is 1. The Morgan fingerprint density at radius 2 is 1.86 bits per heavy atom. The minimum Gasteiger partial charge on any atom is -0.496 e. The lowest BCUT2D eigenvalue weighted by atomic mass is 9.96. The molecule has 7 nitrogen and oxygen atoms in total. The zero-order valence-corrected chi connectivity index (χ0v) is 20.4. The van der Waals surface area contributed by atoms with Crippen molar-refractivity contribution in [2.75, 3.05) is 12.4 Å². The molecule has 0 saturated heterocycles. The van der Waals surface area contributed by atoms with E-state index in [9.17, 15) is 14.9 Å². The van der Waals surface area contributed by atoms with Crippen LogP contribution in [0.4, 0.5) is 11.4 Å². The van der Waals surface area contributed by atoms with Crippen LogP contribution >= 0.6 is 11.6 Å². The molecule has 0 spiro atoms. The second kappa shape index (κ2) is 9.64. The lowest BCUT2D eigenvalue weighted by Crippen LogP contribution is -2.10. The van der Waals surface area contributed by atoms with E-state index in [4.69, 9.17) is 20.8 Å². The number of furan rings is 1. The molecule has 0 unspecified atom stereocenters. The Bertz CT molecular complexity index is 1490. The van der Waals surface area contributed by atoms with Crippen LogP contribution in [0.1, 0.15) is 23.6 Å². The number of benzene rings is 3. The number of carbonyl (C=O) groups excluding carboxylic acids is 1. The summed E-state index contributed by atoms with van der Waals surface area (Å²) in [6, 6.07) is 13.8. The number of carbonyl (C=O) groups is 1. The highest BCUT2D eigenvalue weighted by molar-refractivity contribution is 6.30. The first-order chi connectivity index (χ1) is 16.7. The average molecular weight is 491 g/mol. The zero-order chi connectivity index (χ0) is 25.3. The molecular formula is C27H23ClN2O5. The first-order valence-corrected chi connectivity index (χ1v) is 11.2. The van der Waals surface area contributed by atoms with Crippen molar-refractivity contribution in [1.29, 1.82) is 0 Å². The number of aryl methyl sites for hydroxylation is 2. The fourth-order valence-electron chi connectivity index (χ4n) is 4.03. The number of fused-ring (bicyclic) bond motifs is 1. The summed E-state index contributed by atoms with van der Waals surface area (Å²) >= 11 is 6.04. The van der Waals surface area contributed by atoms with Gasteiger partial charge in [0.05, 0.1) is 24.0 Å². The van der Waals surface area contributed by atoms with Gasteiger partial charge in [0, 0.05) is 45.3 Å². The molecule has 1 N–H and O–H groups in total. The predicted molar refractivity (Wildman–Crippen MR) is 138 cm³/mol. The molecule has 35 heavy (non-hydrogen) atoms. The average Bonchev–Trinajstić information content (AvgIpc) is 3.25. The van der Waals surface area contributed by atoms with E-state index in [0.717, 1.165) is 33.2 Å². The first kappa shape index (κ1) is 24.0. The van der Waals surface area contributed by atoms with Gasteiger partial charge in [-0.15, -0.1) is 0 Å². The largest absolute Gasteiger partial charge is 0.496 e. The molecule has 3 aromatic carbocycles. The maximum Gasteiger partial charge on any atom is 0.271 e. The normalized spacial score (nSPS) is 11.5. The summed E-state index contributed by atoms with van der Waals surface area (Å²) in [6.45, 7) is 5.48. The van der Waals surface area contributed by atoms with Crippen molar-refractivity contribution in [3.05, 3.63) is 92.7 Å². The van der Waals surface area contributed by atoms with Gasteiger partial charge in [0.1, 0.15) is 11.3 Å².